The van der Waals surface area contributed by atoms with Gasteiger partial charge >= 0.3 is 0 Å². The number of hydrogen-bond donors (Lipinski definition) is 1. The molecule has 0 amide bonds. The Bertz CT molecular complexity index is 453. The number of aromatic nitrogens is 1. The van der Waals surface area contributed by atoms with Gasteiger partial charge in [-0.05, 0) is 37.3 Å². The van der Waals surface area contributed by atoms with Gasteiger partial charge in [-0.25, -0.2) is 0 Å². The predicted molar refractivity (Wildman–Crippen MR) is 71.9 cm³/mol. The molecule has 0 spiro atoms. The highest BCUT2D eigenvalue weighted by Gasteiger charge is 2.16. The normalized spacial score (nSPS) is 14.7. The van der Waals surface area contributed by atoms with E-state index in [4.69, 9.17) is 4.74 Å². The Morgan fingerprint density at radius 1 is 1.41 bits per heavy atom. The van der Waals surface area contributed by atoms with Crippen LogP contribution in [0.3, 0.4) is 0 Å². The molecule has 1 aliphatic carbocycles. The summed E-state index contributed by atoms with van der Waals surface area (Å²) in [6.45, 7) is 1.24. The molecule has 0 N–H and O–H groups in total. The number of fused-ring (bicyclic) bond motifs is 1. The van der Waals surface area contributed by atoms with Crippen LogP contribution in [0.25, 0.3) is 0 Å². The van der Waals surface area contributed by atoms with Crippen molar-refractivity contribution in [3.8, 4) is 0 Å². The van der Waals surface area contributed by atoms with Gasteiger partial charge in [0.1, 0.15) is 0 Å². The highest BCUT2D eigenvalue weighted by Crippen LogP contribution is 2.21. The van der Waals surface area contributed by atoms with Gasteiger partial charge in [0.05, 0.1) is 6.61 Å². The Morgan fingerprint density at radius 2 is 2.18 bits per heavy atom. The number of methoxy groups -OCH3 is 1. The molecule has 0 unspecified atom stereocenters. The molecule has 0 bridgehead atoms. The van der Waals surface area contributed by atoms with Gasteiger partial charge in [-0.1, -0.05) is 0 Å². The lowest BCUT2D eigenvalue weighted by atomic mass is 9.94. The van der Waals surface area contributed by atoms with Crippen molar-refractivity contribution in [1.29, 1.82) is 0 Å². The Morgan fingerprint density at radius 3 is 2.88 bits per heavy atom. The van der Waals surface area contributed by atoms with Crippen LogP contribution in [0.15, 0.2) is 10.9 Å². The van der Waals surface area contributed by atoms with Crippen molar-refractivity contribution in [2.75, 3.05) is 13.7 Å². The average molecular weight is 253 g/mol. The van der Waals surface area contributed by atoms with Crippen LogP contribution in [-0.2, 0) is 29.9 Å². The standard InChI is InChI=1S/C13H19NO2S/c1-16-7-6-14-12-5-3-2-4-10(12)8-11(9-17)13(14)15/h8,17H,2-7,9H2,1H3. The monoisotopic (exact) mass is 253 g/mol. The van der Waals surface area contributed by atoms with E-state index in [1.54, 1.807) is 7.11 Å². The average Bonchev–Trinajstić information content (AvgIpc) is 2.37. The molecule has 0 saturated heterocycles. The Kier molecular flexibility index (Phi) is 4.29. The van der Waals surface area contributed by atoms with Crippen LogP contribution in [0.1, 0.15) is 29.7 Å². The number of thiol groups is 1. The fraction of sp³-hybridized carbons (Fsp3) is 0.615. The maximum absolute atomic E-state index is 12.2. The molecule has 1 aromatic rings. The summed E-state index contributed by atoms with van der Waals surface area (Å²) < 4.78 is 6.98. The van der Waals surface area contributed by atoms with Crippen molar-refractivity contribution in [1.82, 2.24) is 4.57 Å². The lowest BCUT2D eigenvalue weighted by Gasteiger charge is -2.22. The first-order valence-electron chi connectivity index (χ1n) is 6.12. The number of pyridine rings is 1. The summed E-state index contributed by atoms with van der Waals surface area (Å²) in [5, 5.41) is 0. The SMILES string of the molecule is COCCn1c2c(cc(CS)c1=O)CCCC2. The van der Waals surface area contributed by atoms with Crippen LogP contribution in [0.4, 0.5) is 0 Å². The zero-order chi connectivity index (χ0) is 12.3. The fourth-order valence-corrected chi connectivity index (χ4v) is 2.70. The zero-order valence-electron chi connectivity index (χ0n) is 10.2. The van der Waals surface area contributed by atoms with Crippen LogP contribution in [0.5, 0.6) is 0 Å². The predicted octanol–water partition coefficient (Wildman–Crippen LogP) is 1.80. The van der Waals surface area contributed by atoms with E-state index in [9.17, 15) is 4.79 Å². The maximum Gasteiger partial charge on any atom is 0.254 e. The lowest BCUT2D eigenvalue weighted by Crippen LogP contribution is -2.30. The molecular weight excluding hydrogens is 234 g/mol. The van der Waals surface area contributed by atoms with Crippen LogP contribution in [0.2, 0.25) is 0 Å². The first kappa shape index (κ1) is 12.7. The van der Waals surface area contributed by atoms with Crippen LogP contribution < -0.4 is 5.56 Å². The highest BCUT2D eigenvalue weighted by molar-refractivity contribution is 7.79. The molecular formula is C13H19NO2S. The zero-order valence-corrected chi connectivity index (χ0v) is 11.1. The summed E-state index contributed by atoms with van der Waals surface area (Å²) in [5.74, 6) is 0.513. The van der Waals surface area contributed by atoms with Gasteiger partial charge in [0.2, 0.25) is 0 Å². The van der Waals surface area contributed by atoms with Crippen LogP contribution >= 0.6 is 12.6 Å². The van der Waals surface area contributed by atoms with Gasteiger partial charge in [0.25, 0.3) is 5.56 Å². The third kappa shape index (κ3) is 2.58. The minimum atomic E-state index is 0.109. The molecule has 1 heterocycles. The van der Waals surface area contributed by atoms with E-state index in [0.717, 1.165) is 18.4 Å². The quantitative estimate of drug-likeness (QED) is 0.830. The fourth-order valence-electron chi connectivity index (χ4n) is 2.48. The van der Waals surface area contributed by atoms with E-state index in [1.807, 2.05) is 10.6 Å². The number of hydrogen-bond acceptors (Lipinski definition) is 3. The summed E-state index contributed by atoms with van der Waals surface area (Å²) >= 11 is 4.24. The first-order valence-corrected chi connectivity index (χ1v) is 6.75. The molecule has 0 aliphatic heterocycles. The molecule has 0 aromatic carbocycles. The Hall–Kier alpha value is -0.740. The van der Waals surface area contributed by atoms with Crippen LogP contribution in [-0.4, -0.2) is 18.3 Å². The molecule has 94 valence electrons. The molecule has 3 nitrogen and oxygen atoms in total. The molecule has 0 radical (unpaired) electrons. The van der Waals surface area contributed by atoms with Crippen LogP contribution in [0, 0.1) is 0 Å². The smallest absolute Gasteiger partial charge is 0.254 e. The largest absolute Gasteiger partial charge is 0.383 e. The van der Waals surface area contributed by atoms with E-state index >= 15 is 0 Å². The van der Waals surface area contributed by atoms with Crippen molar-refractivity contribution >= 4 is 12.6 Å². The third-order valence-electron chi connectivity index (χ3n) is 3.36. The number of nitrogens with zero attached hydrogens (tertiary/aromatic N) is 1. The highest BCUT2D eigenvalue weighted by atomic mass is 32.1. The van der Waals surface area contributed by atoms with Gasteiger partial charge < -0.3 is 9.30 Å². The van der Waals surface area contributed by atoms with E-state index in [1.165, 1.54) is 24.1 Å². The molecule has 0 atom stereocenters. The molecule has 1 aromatic heterocycles. The summed E-state index contributed by atoms with van der Waals surface area (Å²) in [6, 6.07) is 2.05. The van der Waals surface area contributed by atoms with E-state index < -0.39 is 0 Å². The maximum atomic E-state index is 12.2. The second-order valence-electron chi connectivity index (χ2n) is 4.46. The molecule has 0 fully saturated rings. The number of ether oxygens (including phenoxy) is 1. The molecule has 4 heteroatoms. The first-order chi connectivity index (χ1) is 8.27. The second kappa shape index (κ2) is 5.74. The van der Waals surface area contributed by atoms with Gasteiger partial charge in [0, 0.05) is 30.7 Å². The Balaban J connectivity index is 2.48. The summed E-state index contributed by atoms with van der Waals surface area (Å²) in [7, 11) is 1.67. The van der Waals surface area contributed by atoms with Crippen molar-refractivity contribution in [3.05, 3.63) is 33.2 Å². The second-order valence-corrected chi connectivity index (χ2v) is 4.77. The van der Waals surface area contributed by atoms with Crippen molar-refractivity contribution in [2.24, 2.45) is 0 Å². The minimum Gasteiger partial charge on any atom is -0.383 e. The Labute approximate surface area is 107 Å². The lowest BCUT2D eigenvalue weighted by molar-refractivity contribution is 0.185. The topological polar surface area (TPSA) is 31.2 Å². The van der Waals surface area contributed by atoms with E-state index in [2.05, 4.69) is 12.6 Å². The van der Waals surface area contributed by atoms with E-state index in [-0.39, 0.29) is 5.56 Å². The molecule has 2 rings (SSSR count). The van der Waals surface area contributed by atoms with Gasteiger partial charge in [0.15, 0.2) is 0 Å². The summed E-state index contributed by atoms with van der Waals surface area (Å²) in [6.07, 6.45) is 4.51. The summed E-state index contributed by atoms with van der Waals surface area (Å²) in [4.78, 5) is 12.2. The molecule has 17 heavy (non-hydrogen) atoms. The van der Waals surface area contributed by atoms with Gasteiger partial charge in [-0.3, -0.25) is 4.79 Å². The third-order valence-corrected chi connectivity index (χ3v) is 3.70. The number of aryl methyl sites for hydroxylation is 1. The molecule has 0 saturated carbocycles. The van der Waals surface area contributed by atoms with Gasteiger partial charge in [-0.15, -0.1) is 0 Å². The minimum absolute atomic E-state index is 0.109. The summed E-state index contributed by atoms with van der Waals surface area (Å²) in [5.41, 5.74) is 3.46. The number of rotatable bonds is 4. The van der Waals surface area contributed by atoms with Crippen molar-refractivity contribution in [2.45, 2.75) is 38.0 Å². The van der Waals surface area contributed by atoms with E-state index in [0.29, 0.717) is 18.9 Å². The van der Waals surface area contributed by atoms with Crippen molar-refractivity contribution in [3.63, 3.8) is 0 Å². The van der Waals surface area contributed by atoms with Crippen molar-refractivity contribution < 1.29 is 4.74 Å². The van der Waals surface area contributed by atoms with Gasteiger partial charge in [-0.2, -0.15) is 12.6 Å². The molecule has 1 aliphatic rings.